The molecule has 1 aromatic heterocycles. The highest BCUT2D eigenvalue weighted by Crippen LogP contribution is 2.16. The van der Waals surface area contributed by atoms with Gasteiger partial charge in [-0.25, -0.2) is 0 Å². The van der Waals surface area contributed by atoms with Gasteiger partial charge in [0.1, 0.15) is 5.69 Å². The number of nitrogens with zero attached hydrogens (tertiary/aromatic N) is 5. The van der Waals surface area contributed by atoms with E-state index in [-0.39, 0.29) is 17.3 Å². The maximum absolute atomic E-state index is 11.9. The number of amides is 1. The highest BCUT2D eigenvalue weighted by molar-refractivity contribution is 5.93. The van der Waals surface area contributed by atoms with Crippen LogP contribution in [0.25, 0.3) is 10.4 Å². The SMILES string of the molecule is CCn1cc([N+](=O)[O-])cc1C(=O)NCCCCN=[N+]=[N-]. The second-order valence-corrected chi connectivity index (χ2v) is 4.04. The van der Waals surface area contributed by atoms with Crippen LogP contribution < -0.4 is 5.32 Å². The van der Waals surface area contributed by atoms with Gasteiger partial charge in [-0.1, -0.05) is 5.11 Å². The third-order valence-electron chi connectivity index (χ3n) is 2.70. The van der Waals surface area contributed by atoms with Gasteiger partial charge >= 0.3 is 0 Å². The van der Waals surface area contributed by atoms with E-state index in [9.17, 15) is 14.9 Å². The quantitative estimate of drug-likeness (QED) is 0.196. The number of nitrogens with one attached hydrogen (secondary N) is 1. The Morgan fingerprint density at radius 2 is 2.35 bits per heavy atom. The van der Waals surface area contributed by atoms with E-state index in [0.29, 0.717) is 32.5 Å². The molecule has 0 aromatic carbocycles. The Morgan fingerprint density at radius 1 is 1.60 bits per heavy atom. The molecule has 0 aliphatic rings. The molecule has 0 aliphatic carbocycles. The van der Waals surface area contributed by atoms with Crippen LogP contribution in [0.1, 0.15) is 30.3 Å². The van der Waals surface area contributed by atoms with Gasteiger partial charge in [-0.15, -0.1) is 0 Å². The van der Waals surface area contributed by atoms with Crippen molar-refractivity contribution in [3.05, 3.63) is 38.5 Å². The minimum Gasteiger partial charge on any atom is -0.351 e. The number of rotatable bonds is 8. The molecule has 0 saturated heterocycles. The summed E-state index contributed by atoms with van der Waals surface area (Å²) in [7, 11) is 0. The van der Waals surface area contributed by atoms with Gasteiger partial charge < -0.3 is 9.88 Å². The number of carbonyl (C=O) groups is 1. The molecule has 20 heavy (non-hydrogen) atoms. The minimum absolute atomic E-state index is 0.0969. The van der Waals surface area contributed by atoms with Gasteiger partial charge in [-0.3, -0.25) is 14.9 Å². The van der Waals surface area contributed by atoms with E-state index in [0.717, 1.165) is 0 Å². The molecule has 0 spiro atoms. The van der Waals surface area contributed by atoms with Gasteiger partial charge in [0.25, 0.3) is 11.6 Å². The van der Waals surface area contributed by atoms with Crippen molar-refractivity contribution in [2.24, 2.45) is 5.11 Å². The lowest BCUT2D eigenvalue weighted by atomic mass is 10.3. The zero-order valence-corrected chi connectivity index (χ0v) is 11.2. The van der Waals surface area contributed by atoms with Crippen molar-refractivity contribution in [2.75, 3.05) is 13.1 Å². The first kappa shape index (κ1) is 15.5. The number of aryl methyl sites for hydroxylation is 1. The number of carbonyl (C=O) groups excluding carboxylic acids is 1. The van der Waals surface area contributed by atoms with E-state index >= 15 is 0 Å². The second kappa shape index (κ2) is 7.80. The Bertz CT molecular complexity index is 532. The molecule has 1 heterocycles. The predicted octanol–water partition coefficient (Wildman–Crippen LogP) is 2.24. The minimum atomic E-state index is -0.525. The number of aromatic nitrogens is 1. The summed E-state index contributed by atoms with van der Waals surface area (Å²) in [5.41, 5.74) is 8.27. The van der Waals surface area contributed by atoms with Gasteiger partial charge in [0, 0.05) is 30.6 Å². The number of nitro groups is 1. The van der Waals surface area contributed by atoms with Crippen molar-refractivity contribution in [2.45, 2.75) is 26.3 Å². The lowest BCUT2D eigenvalue weighted by Gasteiger charge is -2.06. The average molecular weight is 280 g/mol. The number of unbranched alkanes of at least 4 members (excludes halogenated alkanes) is 1. The van der Waals surface area contributed by atoms with Crippen LogP contribution in [0, 0.1) is 10.1 Å². The molecular formula is C11H16N6O3. The van der Waals surface area contributed by atoms with Crippen molar-refractivity contribution in [3.63, 3.8) is 0 Å². The zero-order valence-electron chi connectivity index (χ0n) is 11.2. The molecule has 1 rings (SSSR count). The summed E-state index contributed by atoms with van der Waals surface area (Å²) in [4.78, 5) is 24.7. The molecule has 0 radical (unpaired) electrons. The van der Waals surface area contributed by atoms with E-state index in [4.69, 9.17) is 5.53 Å². The van der Waals surface area contributed by atoms with Crippen LogP contribution in [-0.2, 0) is 6.54 Å². The molecule has 0 fully saturated rings. The number of hydrogen-bond donors (Lipinski definition) is 1. The lowest BCUT2D eigenvalue weighted by molar-refractivity contribution is -0.384. The summed E-state index contributed by atoms with van der Waals surface area (Å²) in [6, 6.07) is 1.26. The van der Waals surface area contributed by atoms with E-state index < -0.39 is 4.92 Å². The van der Waals surface area contributed by atoms with Crippen molar-refractivity contribution < 1.29 is 9.72 Å². The monoisotopic (exact) mass is 280 g/mol. The Kier molecular flexibility index (Phi) is 6.05. The summed E-state index contributed by atoms with van der Waals surface area (Å²) in [5, 5.41) is 16.8. The first-order valence-corrected chi connectivity index (χ1v) is 6.23. The van der Waals surface area contributed by atoms with Gasteiger partial charge in [0.05, 0.1) is 11.1 Å². The predicted molar refractivity (Wildman–Crippen MR) is 72.3 cm³/mol. The fourth-order valence-corrected chi connectivity index (χ4v) is 1.69. The topological polar surface area (TPSA) is 126 Å². The molecule has 9 nitrogen and oxygen atoms in total. The molecule has 1 amide bonds. The fourth-order valence-electron chi connectivity index (χ4n) is 1.69. The van der Waals surface area contributed by atoms with Crippen molar-refractivity contribution in [3.8, 4) is 0 Å². The van der Waals surface area contributed by atoms with E-state index in [2.05, 4.69) is 15.3 Å². The van der Waals surface area contributed by atoms with Crippen LogP contribution in [0.15, 0.2) is 17.4 Å². The molecular weight excluding hydrogens is 264 g/mol. The fraction of sp³-hybridized carbons (Fsp3) is 0.545. The normalized spacial score (nSPS) is 9.85. The van der Waals surface area contributed by atoms with Crippen LogP contribution in [0.5, 0.6) is 0 Å². The van der Waals surface area contributed by atoms with Gasteiger partial charge in [-0.2, -0.15) is 0 Å². The summed E-state index contributed by atoms with van der Waals surface area (Å²) in [6.45, 7) is 3.11. The highest BCUT2D eigenvalue weighted by atomic mass is 16.6. The third-order valence-corrected chi connectivity index (χ3v) is 2.70. The molecule has 0 aliphatic heterocycles. The highest BCUT2D eigenvalue weighted by Gasteiger charge is 2.18. The Balaban J connectivity index is 2.54. The van der Waals surface area contributed by atoms with Crippen LogP contribution in [0.2, 0.25) is 0 Å². The van der Waals surface area contributed by atoms with Crippen LogP contribution in [0.3, 0.4) is 0 Å². The molecule has 1 aromatic rings. The Labute approximate surface area is 115 Å². The van der Waals surface area contributed by atoms with Gasteiger partial charge in [0.2, 0.25) is 0 Å². The Morgan fingerprint density at radius 3 is 2.95 bits per heavy atom. The smallest absolute Gasteiger partial charge is 0.287 e. The van der Waals surface area contributed by atoms with Crippen molar-refractivity contribution in [1.82, 2.24) is 9.88 Å². The maximum atomic E-state index is 11.9. The van der Waals surface area contributed by atoms with Gasteiger partial charge in [-0.05, 0) is 25.3 Å². The van der Waals surface area contributed by atoms with E-state index in [1.807, 2.05) is 0 Å². The number of hydrogen-bond acceptors (Lipinski definition) is 4. The van der Waals surface area contributed by atoms with Gasteiger partial charge in [0.15, 0.2) is 0 Å². The molecule has 0 atom stereocenters. The lowest BCUT2D eigenvalue weighted by Crippen LogP contribution is -2.26. The largest absolute Gasteiger partial charge is 0.351 e. The Hall–Kier alpha value is -2.54. The third kappa shape index (κ3) is 4.29. The molecule has 0 unspecified atom stereocenters. The molecule has 0 bridgehead atoms. The van der Waals surface area contributed by atoms with E-state index in [1.165, 1.54) is 16.8 Å². The average Bonchev–Trinajstić information content (AvgIpc) is 2.87. The molecule has 0 saturated carbocycles. The number of azide groups is 1. The second-order valence-electron chi connectivity index (χ2n) is 4.04. The maximum Gasteiger partial charge on any atom is 0.287 e. The molecule has 1 N–H and O–H groups in total. The van der Waals surface area contributed by atoms with Crippen molar-refractivity contribution in [1.29, 1.82) is 0 Å². The first-order valence-electron chi connectivity index (χ1n) is 6.23. The van der Waals surface area contributed by atoms with Crippen molar-refractivity contribution >= 4 is 11.6 Å². The van der Waals surface area contributed by atoms with Crippen LogP contribution in [0.4, 0.5) is 5.69 Å². The summed E-state index contributed by atoms with van der Waals surface area (Å²) >= 11 is 0. The summed E-state index contributed by atoms with van der Waals surface area (Å²) in [6.07, 6.45) is 2.70. The zero-order chi connectivity index (χ0) is 15.0. The molecule has 108 valence electrons. The van der Waals surface area contributed by atoms with Crippen LogP contribution in [-0.4, -0.2) is 28.5 Å². The standard InChI is InChI=1S/C11H16N6O3/c1-2-16-8-9(17(19)20)7-10(16)11(18)13-5-3-4-6-14-15-12/h7-8H,2-6H2,1H3,(H,13,18). The summed E-state index contributed by atoms with van der Waals surface area (Å²) < 4.78 is 1.54. The molecule has 9 heteroatoms. The van der Waals surface area contributed by atoms with E-state index in [1.54, 1.807) is 6.92 Å². The summed E-state index contributed by atoms with van der Waals surface area (Å²) in [5.74, 6) is -0.344. The van der Waals surface area contributed by atoms with Crippen LogP contribution >= 0.6 is 0 Å². The first-order chi connectivity index (χ1) is 9.60.